The van der Waals surface area contributed by atoms with Gasteiger partial charge in [-0.25, -0.2) is 0 Å². The number of nitrogens with one attached hydrogen (secondary N) is 2. The molecular formula is C22H22N2O5. The van der Waals surface area contributed by atoms with Gasteiger partial charge in [0, 0.05) is 24.6 Å². The van der Waals surface area contributed by atoms with Gasteiger partial charge in [-0.2, -0.15) is 0 Å². The third-order valence-electron chi connectivity index (χ3n) is 4.58. The third kappa shape index (κ3) is 4.13. The Balaban J connectivity index is 1.83. The van der Waals surface area contributed by atoms with Crippen LogP contribution in [0.15, 0.2) is 53.9 Å². The number of hydrogen-bond donors (Lipinski definition) is 2. The number of benzene rings is 2. The zero-order chi connectivity index (χ0) is 21.0. The van der Waals surface area contributed by atoms with Gasteiger partial charge in [0.25, 0.3) is 0 Å². The van der Waals surface area contributed by atoms with Crippen LogP contribution in [-0.4, -0.2) is 38.2 Å². The molecule has 2 aromatic carbocycles. The number of methoxy groups -OCH3 is 2. The van der Waals surface area contributed by atoms with Crippen molar-refractivity contribution < 1.29 is 23.9 Å². The van der Waals surface area contributed by atoms with Crippen molar-refractivity contribution in [1.82, 2.24) is 10.6 Å². The van der Waals surface area contributed by atoms with E-state index in [4.69, 9.17) is 9.47 Å². The van der Waals surface area contributed by atoms with E-state index in [1.807, 2.05) is 18.2 Å². The van der Waals surface area contributed by atoms with E-state index >= 15 is 0 Å². The van der Waals surface area contributed by atoms with Crippen LogP contribution in [0.4, 0.5) is 0 Å². The van der Waals surface area contributed by atoms with E-state index < -0.39 is 5.91 Å². The van der Waals surface area contributed by atoms with Gasteiger partial charge in [0.05, 0.1) is 14.2 Å². The highest BCUT2D eigenvalue weighted by atomic mass is 16.5. The molecule has 29 heavy (non-hydrogen) atoms. The lowest BCUT2D eigenvalue weighted by molar-refractivity contribution is -0.118. The highest BCUT2D eigenvalue weighted by Gasteiger charge is 2.32. The molecule has 0 saturated heterocycles. The molecule has 0 spiro atoms. The Labute approximate surface area is 168 Å². The predicted molar refractivity (Wildman–Crippen MR) is 107 cm³/mol. The Morgan fingerprint density at radius 3 is 2.10 bits per heavy atom. The summed E-state index contributed by atoms with van der Waals surface area (Å²) in [5.41, 5.74) is 1.65. The molecule has 0 atom stereocenters. The second-order valence-corrected chi connectivity index (χ2v) is 6.50. The first-order chi connectivity index (χ1) is 14.0. The highest BCUT2D eigenvalue weighted by Crippen LogP contribution is 2.28. The third-order valence-corrected chi connectivity index (χ3v) is 4.58. The summed E-state index contributed by atoms with van der Waals surface area (Å²) in [5, 5.41) is 5.54. The van der Waals surface area contributed by atoms with Gasteiger partial charge < -0.3 is 20.1 Å². The summed E-state index contributed by atoms with van der Waals surface area (Å²) in [6, 6.07) is 12.1. The minimum Gasteiger partial charge on any atom is -0.493 e. The predicted octanol–water partition coefficient (Wildman–Crippen LogP) is 2.26. The number of ether oxygens (including phenoxy) is 2. The Morgan fingerprint density at radius 1 is 0.897 bits per heavy atom. The average Bonchev–Trinajstić information content (AvgIpc) is 2.73. The van der Waals surface area contributed by atoms with Crippen molar-refractivity contribution in [2.75, 3.05) is 20.8 Å². The van der Waals surface area contributed by atoms with E-state index in [9.17, 15) is 14.4 Å². The first-order valence-corrected chi connectivity index (χ1v) is 9.11. The molecule has 1 amide bonds. The Hall–Kier alpha value is -3.61. The molecule has 1 aliphatic carbocycles. The van der Waals surface area contributed by atoms with Crippen LogP contribution in [0.25, 0.3) is 0 Å². The maximum absolute atomic E-state index is 12.9. The van der Waals surface area contributed by atoms with Crippen LogP contribution in [0, 0.1) is 0 Å². The lowest BCUT2D eigenvalue weighted by Gasteiger charge is -2.22. The van der Waals surface area contributed by atoms with Crippen LogP contribution >= 0.6 is 0 Å². The van der Waals surface area contributed by atoms with Gasteiger partial charge in [0.2, 0.25) is 17.5 Å². The van der Waals surface area contributed by atoms with Gasteiger partial charge >= 0.3 is 0 Å². The number of ketones is 2. The molecule has 0 fully saturated rings. The Bertz CT molecular complexity index is 1010. The molecule has 150 valence electrons. The molecule has 2 aromatic rings. The maximum Gasteiger partial charge on any atom is 0.221 e. The summed E-state index contributed by atoms with van der Waals surface area (Å²) in [5.74, 6) is 0.116. The lowest BCUT2D eigenvalue weighted by atomic mass is 9.90. The molecule has 0 aliphatic heterocycles. The summed E-state index contributed by atoms with van der Waals surface area (Å²) in [4.78, 5) is 37.3. The summed E-state index contributed by atoms with van der Waals surface area (Å²) in [6.07, 6.45) is 0.570. The van der Waals surface area contributed by atoms with Crippen molar-refractivity contribution in [2.45, 2.75) is 13.3 Å². The minimum atomic E-state index is -0.417. The Morgan fingerprint density at radius 2 is 1.52 bits per heavy atom. The second-order valence-electron chi connectivity index (χ2n) is 6.50. The van der Waals surface area contributed by atoms with E-state index in [1.165, 1.54) is 6.92 Å². The fourth-order valence-corrected chi connectivity index (χ4v) is 3.21. The van der Waals surface area contributed by atoms with E-state index in [0.717, 1.165) is 5.56 Å². The lowest BCUT2D eigenvalue weighted by Crippen LogP contribution is -2.38. The molecule has 2 N–H and O–H groups in total. The number of carbonyl (C=O) groups excluding carboxylic acids is 3. The number of fused-ring (bicyclic) bond motifs is 1. The normalized spacial score (nSPS) is 13.1. The highest BCUT2D eigenvalue weighted by molar-refractivity contribution is 6.27. The molecule has 0 bridgehead atoms. The first kappa shape index (κ1) is 20.1. The number of carbonyl (C=O) groups is 3. The topological polar surface area (TPSA) is 93.7 Å². The summed E-state index contributed by atoms with van der Waals surface area (Å²) < 4.78 is 10.5. The summed E-state index contributed by atoms with van der Waals surface area (Å²) >= 11 is 0. The maximum atomic E-state index is 12.9. The Kier molecular flexibility index (Phi) is 5.97. The van der Waals surface area contributed by atoms with Crippen LogP contribution < -0.4 is 20.1 Å². The van der Waals surface area contributed by atoms with Crippen LogP contribution in [-0.2, 0) is 11.2 Å². The molecule has 3 rings (SSSR count). The molecule has 1 aliphatic rings. The van der Waals surface area contributed by atoms with Crippen LogP contribution in [0.1, 0.15) is 33.2 Å². The van der Waals surface area contributed by atoms with Gasteiger partial charge in [0.1, 0.15) is 11.4 Å². The quantitative estimate of drug-likeness (QED) is 0.748. The SMILES string of the molecule is COc1ccc(CCNC2=C(NC(C)=O)C(=O)c3ccccc3C2=O)cc1OC. The van der Waals surface area contributed by atoms with Crippen molar-refractivity contribution in [1.29, 1.82) is 0 Å². The number of amides is 1. The van der Waals surface area contributed by atoms with E-state index in [0.29, 0.717) is 30.0 Å². The van der Waals surface area contributed by atoms with E-state index in [1.54, 1.807) is 38.5 Å². The number of rotatable bonds is 7. The molecular weight excluding hydrogens is 372 g/mol. The standard InChI is InChI=1S/C22H22N2O5/c1-13(25)24-20-19(21(26)15-6-4-5-7-16(15)22(20)27)23-11-10-14-8-9-17(28-2)18(12-14)29-3/h4-9,12,23H,10-11H2,1-3H3,(H,24,25). The van der Waals surface area contributed by atoms with Gasteiger partial charge in [-0.3, -0.25) is 14.4 Å². The molecule has 0 heterocycles. The minimum absolute atomic E-state index is 0.0199. The first-order valence-electron chi connectivity index (χ1n) is 9.11. The van der Waals surface area contributed by atoms with Gasteiger partial charge in [0.15, 0.2) is 11.5 Å². The molecule has 7 nitrogen and oxygen atoms in total. The van der Waals surface area contributed by atoms with E-state index in [2.05, 4.69) is 10.6 Å². The van der Waals surface area contributed by atoms with E-state index in [-0.39, 0.29) is 28.5 Å². The van der Waals surface area contributed by atoms with Crippen molar-refractivity contribution in [3.63, 3.8) is 0 Å². The van der Waals surface area contributed by atoms with Crippen molar-refractivity contribution in [3.05, 3.63) is 70.5 Å². The van der Waals surface area contributed by atoms with Crippen molar-refractivity contribution in [3.8, 4) is 11.5 Å². The van der Waals surface area contributed by atoms with Gasteiger partial charge in [-0.05, 0) is 24.1 Å². The fourth-order valence-electron chi connectivity index (χ4n) is 3.21. The monoisotopic (exact) mass is 394 g/mol. The average molecular weight is 394 g/mol. The van der Waals surface area contributed by atoms with Crippen molar-refractivity contribution >= 4 is 17.5 Å². The fraction of sp³-hybridized carbons (Fsp3) is 0.227. The molecule has 7 heteroatoms. The largest absolute Gasteiger partial charge is 0.493 e. The number of allylic oxidation sites excluding steroid dienone is 2. The smallest absolute Gasteiger partial charge is 0.221 e. The van der Waals surface area contributed by atoms with Gasteiger partial charge in [-0.1, -0.05) is 30.3 Å². The number of Topliss-reactive ketones (excluding diaryl/α,β-unsaturated/α-hetero) is 2. The molecule has 0 unspecified atom stereocenters. The zero-order valence-corrected chi connectivity index (χ0v) is 16.5. The van der Waals surface area contributed by atoms with Crippen LogP contribution in [0.2, 0.25) is 0 Å². The number of hydrogen-bond acceptors (Lipinski definition) is 6. The molecule has 0 radical (unpaired) electrons. The zero-order valence-electron chi connectivity index (χ0n) is 16.5. The summed E-state index contributed by atoms with van der Waals surface area (Å²) in [6.45, 7) is 1.68. The second kappa shape index (κ2) is 8.60. The molecule has 0 aromatic heterocycles. The van der Waals surface area contributed by atoms with Gasteiger partial charge in [-0.15, -0.1) is 0 Å². The van der Waals surface area contributed by atoms with Crippen LogP contribution in [0.3, 0.4) is 0 Å². The van der Waals surface area contributed by atoms with Crippen molar-refractivity contribution in [2.24, 2.45) is 0 Å². The molecule has 0 saturated carbocycles. The van der Waals surface area contributed by atoms with Crippen LogP contribution in [0.5, 0.6) is 11.5 Å². The summed E-state index contributed by atoms with van der Waals surface area (Å²) in [7, 11) is 3.13.